The lowest BCUT2D eigenvalue weighted by Gasteiger charge is -2.46. The van der Waals surface area contributed by atoms with Gasteiger partial charge in [0.05, 0.1) is 18.6 Å². The molecule has 0 bridgehead atoms. The summed E-state index contributed by atoms with van der Waals surface area (Å²) < 4.78 is 12.2. The van der Waals surface area contributed by atoms with Crippen LogP contribution in [-0.4, -0.2) is 27.0 Å². The van der Waals surface area contributed by atoms with Gasteiger partial charge < -0.3 is 9.16 Å². The Morgan fingerprint density at radius 3 is 2.05 bits per heavy atom. The third kappa shape index (κ3) is 2.56. The fraction of sp³-hybridized carbons (Fsp3) is 0.944. The molecule has 2 aliphatic carbocycles. The van der Waals surface area contributed by atoms with E-state index in [-0.39, 0.29) is 17.5 Å². The van der Waals surface area contributed by atoms with Gasteiger partial charge in [-0.05, 0) is 29.5 Å². The highest BCUT2D eigenvalue weighted by Crippen LogP contribution is 2.65. The fourth-order valence-corrected chi connectivity index (χ4v) is 11.1. The number of carbonyl (C=O) groups is 1. The second-order valence-corrected chi connectivity index (χ2v) is 13.6. The van der Waals surface area contributed by atoms with E-state index < -0.39 is 8.32 Å². The van der Waals surface area contributed by atoms with Crippen molar-refractivity contribution in [2.24, 2.45) is 11.8 Å². The molecule has 0 aromatic carbocycles. The Morgan fingerprint density at radius 2 is 1.59 bits per heavy atom. The van der Waals surface area contributed by atoms with E-state index in [2.05, 4.69) is 41.5 Å². The molecular weight excluding hydrogens is 292 g/mol. The van der Waals surface area contributed by atoms with E-state index in [1.807, 2.05) is 0 Å². The van der Waals surface area contributed by atoms with E-state index in [1.54, 1.807) is 0 Å². The summed E-state index contributed by atoms with van der Waals surface area (Å²) in [6, 6.07) is 0. The van der Waals surface area contributed by atoms with Gasteiger partial charge in [-0.25, -0.2) is 0 Å². The van der Waals surface area contributed by atoms with Gasteiger partial charge in [-0.3, -0.25) is 4.79 Å². The molecule has 0 saturated heterocycles. The second-order valence-electron chi connectivity index (χ2n) is 8.23. The zero-order valence-corrected chi connectivity index (χ0v) is 16.4. The number of esters is 1. The molecule has 2 rings (SSSR count). The monoisotopic (exact) mass is 326 g/mol. The molecule has 0 spiro atoms. The number of carbonyl (C=O) groups excluding carboxylic acids is 1. The van der Waals surface area contributed by atoms with Crippen molar-refractivity contribution in [2.75, 3.05) is 7.11 Å². The molecule has 0 N–H and O–H groups in total. The first kappa shape index (κ1) is 18.0. The van der Waals surface area contributed by atoms with Crippen molar-refractivity contribution in [1.29, 1.82) is 0 Å². The molecule has 0 unspecified atom stereocenters. The largest absolute Gasteiger partial charge is 0.469 e. The Hall–Kier alpha value is -0.353. The molecule has 3 nitrogen and oxygen atoms in total. The van der Waals surface area contributed by atoms with Crippen LogP contribution in [-0.2, 0) is 14.0 Å². The van der Waals surface area contributed by atoms with Crippen LogP contribution >= 0.6 is 0 Å². The summed E-state index contributed by atoms with van der Waals surface area (Å²) in [5.41, 5.74) is 1.48. The highest BCUT2D eigenvalue weighted by Gasteiger charge is 2.72. The van der Waals surface area contributed by atoms with Crippen molar-refractivity contribution in [3.63, 3.8) is 0 Å². The maximum atomic E-state index is 12.3. The molecule has 0 aromatic rings. The molecule has 22 heavy (non-hydrogen) atoms. The first-order valence-corrected chi connectivity index (χ1v) is 11.2. The number of methoxy groups -OCH3 is 1. The number of fused-ring (bicyclic) bond motifs is 1. The summed E-state index contributed by atoms with van der Waals surface area (Å²) in [6.07, 6.45) is 4.57. The van der Waals surface area contributed by atoms with Gasteiger partial charge in [-0.1, -0.05) is 54.4 Å². The molecule has 2 aliphatic rings. The van der Waals surface area contributed by atoms with Gasteiger partial charge in [0.15, 0.2) is 0 Å². The summed E-state index contributed by atoms with van der Waals surface area (Å²) >= 11 is 0. The lowest BCUT2D eigenvalue weighted by atomic mass is 9.98. The van der Waals surface area contributed by atoms with Gasteiger partial charge in [0.25, 0.3) is 0 Å². The Balaban J connectivity index is 2.34. The van der Waals surface area contributed by atoms with Crippen LogP contribution in [0.3, 0.4) is 0 Å². The van der Waals surface area contributed by atoms with Crippen molar-refractivity contribution >= 4 is 14.3 Å². The van der Waals surface area contributed by atoms with Crippen LogP contribution in [0.15, 0.2) is 0 Å². The minimum Gasteiger partial charge on any atom is -0.469 e. The fourth-order valence-electron chi connectivity index (χ4n) is 5.37. The quantitative estimate of drug-likeness (QED) is 0.514. The van der Waals surface area contributed by atoms with Crippen LogP contribution < -0.4 is 0 Å². The van der Waals surface area contributed by atoms with E-state index in [9.17, 15) is 4.79 Å². The first-order chi connectivity index (χ1) is 10.2. The van der Waals surface area contributed by atoms with E-state index >= 15 is 0 Å². The van der Waals surface area contributed by atoms with Crippen LogP contribution in [0.25, 0.3) is 0 Å². The van der Waals surface area contributed by atoms with Crippen molar-refractivity contribution in [2.45, 2.75) is 89.5 Å². The lowest BCUT2D eigenvalue weighted by molar-refractivity contribution is -0.144. The van der Waals surface area contributed by atoms with E-state index in [0.717, 1.165) is 12.8 Å². The smallest absolute Gasteiger partial charge is 0.311 e. The number of ether oxygens (including phenoxy) is 1. The average Bonchev–Trinajstić information content (AvgIpc) is 3.11. The van der Waals surface area contributed by atoms with Crippen LogP contribution in [0.5, 0.6) is 0 Å². The highest BCUT2D eigenvalue weighted by atomic mass is 28.4. The maximum Gasteiger partial charge on any atom is 0.311 e. The minimum atomic E-state index is -1.95. The molecule has 2 fully saturated rings. The summed E-state index contributed by atoms with van der Waals surface area (Å²) in [7, 11) is -0.442. The normalized spacial score (nSPS) is 31.5. The van der Waals surface area contributed by atoms with Gasteiger partial charge in [-0.15, -0.1) is 0 Å². The molecule has 2 saturated carbocycles. The van der Waals surface area contributed by atoms with Crippen molar-refractivity contribution in [3.05, 3.63) is 0 Å². The van der Waals surface area contributed by atoms with Crippen molar-refractivity contribution in [3.8, 4) is 0 Å². The number of hydrogen-bond donors (Lipinski definition) is 0. The van der Waals surface area contributed by atoms with E-state index in [0.29, 0.717) is 22.5 Å². The number of hydrogen-bond acceptors (Lipinski definition) is 3. The highest BCUT2D eigenvalue weighted by molar-refractivity contribution is 6.77. The summed E-state index contributed by atoms with van der Waals surface area (Å²) in [5.74, 6) is 0.339. The van der Waals surface area contributed by atoms with E-state index in [4.69, 9.17) is 9.16 Å². The lowest BCUT2D eigenvalue weighted by Crippen LogP contribution is -2.52. The SMILES string of the molecule is COC(=O)[C@H]1[C@@H]2CCCC[C@@]21O[Si](C(C)C)(C(C)C)C(C)C. The Kier molecular flexibility index (Phi) is 5.13. The molecule has 0 aliphatic heterocycles. The number of rotatable bonds is 6. The summed E-state index contributed by atoms with van der Waals surface area (Å²) in [4.78, 5) is 12.3. The molecule has 3 atom stereocenters. The zero-order valence-electron chi connectivity index (χ0n) is 15.4. The predicted octanol–water partition coefficient (Wildman–Crippen LogP) is 4.91. The molecular formula is C18H34O3Si. The van der Waals surface area contributed by atoms with Gasteiger partial charge in [0, 0.05) is 5.92 Å². The van der Waals surface area contributed by atoms with Crippen molar-refractivity contribution in [1.82, 2.24) is 0 Å². The Bertz CT molecular complexity index is 397. The summed E-state index contributed by atoms with van der Waals surface area (Å²) in [6.45, 7) is 13.9. The molecule has 0 aromatic heterocycles. The van der Waals surface area contributed by atoms with Crippen LogP contribution in [0.4, 0.5) is 0 Å². The third-order valence-electron chi connectivity index (χ3n) is 6.31. The summed E-state index contributed by atoms with van der Waals surface area (Å²) in [5, 5.41) is 0. The molecule has 0 heterocycles. The van der Waals surface area contributed by atoms with Crippen molar-refractivity contribution < 1.29 is 14.0 Å². The topological polar surface area (TPSA) is 35.5 Å². The Labute approximate surface area is 137 Å². The average molecular weight is 327 g/mol. The standard InChI is InChI=1S/C18H34O3Si/c1-12(2)22(13(3)4,14(5)6)21-18-11-9-8-10-15(18)16(18)17(19)20-7/h12-16H,8-11H2,1-7H3/t15-,16+,18+/m0/s1. The van der Waals surface area contributed by atoms with Gasteiger partial charge in [0.1, 0.15) is 0 Å². The predicted molar refractivity (Wildman–Crippen MR) is 92.3 cm³/mol. The third-order valence-corrected chi connectivity index (χ3v) is 12.5. The minimum absolute atomic E-state index is 0.0110. The first-order valence-electron chi connectivity index (χ1n) is 9.02. The molecule has 0 amide bonds. The maximum absolute atomic E-state index is 12.3. The van der Waals surface area contributed by atoms with Gasteiger partial charge in [0.2, 0.25) is 8.32 Å². The molecule has 0 radical (unpaired) electrons. The zero-order chi connectivity index (χ0) is 16.7. The Morgan fingerprint density at radius 1 is 1.05 bits per heavy atom. The van der Waals surface area contributed by atoms with Crippen LogP contribution in [0, 0.1) is 11.8 Å². The van der Waals surface area contributed by atoms with Crippen LogP contribution in [0.2, 0.25) is 16.6 Å². The van der Waals surface area contributed by atoms with Gasteiger partial charge in [-0.2, -0.15) is 0 Å². The van der Waals surface area contributed by atoms with Gasteiger partial charge >= 0.3 is 5.97 Å². The van der Waals surface area contributed by atoms with E-state index in [1.165, 1.54) is 20.0 Å². The molecule has 4 heteroatoms. The van der Waals surface area contributed by atoms with Crippen LogP contribution in [0.1, 0.15) is 67.2 Å². The molecule has 128 valence electrons. The second kappa shape index (κ2) is 6.27.